The highest BCUT2D eigenvalue weighted by atomic mass is 32.1. The lowest BCUT2D eigenvalue weighted by Gasteiger charge is -2.21. The van der Waals surface area contributed by atoms with Crippen molar-refractivity contribution in [2.45, 2.75) is 19.9 Å². The first kappa shape index (κ1) is 19.4. The Kier molecular flexibility index (Phi) is 4.97. The molecular formula is C21H18N2O4S2. The van der Waals surface area contributed by atoms with Crippen molar-refractivity contribution in [1.29, 1.82) is 0 Å². The van der Waals surface area contributed by atoms with Gasteiger partial charge in [-0.05, 0) is 49.6 Å². The largest absolute Gasteiger partial charge is 0.507 e. The van der Waals surface area contributed by atoms with Crippen LogP contribution in [0, 0.1) is 13.8 Å². The lowest BCUT2D eigenvalue weighted by Crippen LogP contribution is -2.29. The van der Waals surface area contributed by atoms with Gasteiger partial charge in [-0.1, -0.05) is 6.07 Å². The lowest BCUT2D eigenvalue weighted by atomic mass is 10.00. The van der Waals surface area contributed by atoms with Crippen LogP contribution in [-0.2, 0) is 9.59 Å². The third-order valence-electron chi connectivity index (χ3n) is 4.84. The van der Waals surface area contributed by atoms with Gasteiger partial charge in [0.25, 0.3) is 5.78 Å². The number of hydrogen-bond acceptors (Lipinski definition) is 7. The zero-order valence-electron chi connectivity index (χ0n) is 16.0. The third kappa shape index (κ3) is 3.24. The number of benzene rings is 1. The Bertz CT molecular complexity index is 1090. The summed E-state index contributed by atoms with van der Waals surface area (Å²) < 4.78 is 5.15. The molecule has 6 nitrogen and oxygen atoms in total. The molecular weight excluding hydrogens is 408 g/mol. The SMILES string of the molecule is COc1ccc(/C(O)=C2\C(=O)C(=O)N(c3nc(C)c(C)s3)C2c2cccs2)cc1. The fourth-order valence-corrected chi connectivity index (χ4v) is 4.97. The van der Waals surface area contributed by atoms with Gasteiger partial charge in [-0.2, -0.15) is 0 Å². The molecule has 1 aromatic carbocycles. The zero-order chi connectivity index (χ0) is 20.7. The molecule has 4 rings (SSSR count). The second-order valence-electron chi connectivity index (χ2n) is 6.55. The fraction of sp³-hybridized carbons (Fsp3) is 0.190. The highest BCUT2D eigenvalue weighted by Gasteiger charge is 2.48. The molecule has 0 radical (unpaired) electrons. The molecule has 1 saturated heterocycles. The molecule has 1 amide bonds. The minimum Gasteiger partial charge on any atom is -0.507 e. The summed E-state index contributed by atoms with van der Waals surface area (Å²) in [5, 5.41) is 13.3. The summed E-state index contributed by atoms with van der Waals surface area (Å²) in [6.45, 7) is 3.79. The molecule has 1 aliphatic rings. The number of ketones is 1. The average molecular weight is 427 g/mol. The number of rotatable bonds is 4. The van der Waals surface area contributed by atoms with Crippen LogP contribution in [0.3, 0.4) is 0 Å². The molecule has 1 atom stereocenters. The first-order valence-electron chi connectivity index (χ1n) is 8.85. The highest BCUT2D eigenvalue weighted by molar-refractivity contribution is 7.16. The Labute approximate surface area is 175 Å². The average Bonchev–Trinajstić information content (AvgIpc) is 3.42. The van der Waals surface area contributed by atoms with Gasteiger partial charge in [-0.25, -0.2) is 4.98 Å². The van der Waals surface area contributed by atoms with E-state index in [1.54, 1.807) is 31.4 Å². The van der Waals surface area contributed by atoms with E-state index in [0.717, 1.165) is 15.4 Å². The third-order valence-corrected chi connectivity index (χ3v) is 6.84. The van der Waals surface area contributed by atoms with Gasteiger partial charge < -0.3 is 9.84 Å². The van der Waals surface area contributed by atoms with E-state index in [9.17, 15) is 14.7 Å². The molecule has 0 bridgehead atoms. The molecule has 0 saturated carbocycles. The molecule has 2 aromatic heterocycles. The fourth-order valence-electron chi connectivity index (χ4n) is 3.21. The summed E-state index contributed by atoms with van der Waals surface area (Å²) in [7, 11) is 1.55. The van der Waals surface area contributed by atoms with Crippen LogP contribution >= 0.6 is 22.7 Å². The van der Waals surface area contributed by atoms with E-state index in [1.807, 2.05) is 31.4 Å². The van der Waals surface area contributed by atoms with E-state index in [-0.39, 0.29) is 11.3 Å². The van der Waals surface area contributed by atoms with Crippen LogP contribution in [0.15, 0.2) is 47.4 Å². The van der Waals surface area contributed by atoms with Gasteiger partial charge in [0.15, 0.2) is 5.13 Å². The number of aromatic nitrogens is 1. The number of thiophene rings is 1. The second-order valence-corrected chi connectivity index (χ2v) is 8.71. The van der Waals surface area contributed by atoms with Gasteiger partial charge in [0.2, 0.25) is 0 Å². The number of aliphatic hydroxyl groups excluding tert-OH is 1. The van der Waals surface area contributed by atoms with Gasteiger partial charge in [0, 0.05) is 15.3 Å². The van der Waals surface area contributed by atoms with E-state index < -0.39 is 17.7 Å². The molecule has 8 heteroatoms. The number of hydrogen-bond donors (Lipinski definition) is 1. The van der Waals surface area contributed by atoms with E-state index in [2.05, 4.69) is 4.98 Å². The Morgan fingerprint density at radius 2 is 1.90 bits per heavy atom. The molecule has 0 spiro atoms. The Balaban J connectivity index is 1.89. The second kappa shape index (κ2) is 7.46. The van der Waals surface area contributed by atoms with E-state index in [1.165, 1.54) is 27.6 Å². The molecule has 1 unspecified atom stereocenters. The lowest BCUT2D eigenvalue weighted by molar-refractivity contribution is -0.132. The van der Waals surface area contributed by atoms with Crippen molar-refractivity contribution >= 4 is 45.3 Å². The van der Waals surface area contributed by atoms with Crippen molar-refractivity contribution in [1.82, 2.24) is 4.98 Å². The molecule has 1 aliphatic heterocycles. The molecule has 3 aromatic rings. The van der Waals surface area contributed by atoms with Crippen molar-refractivity contribution in [3.63, 3.8) is 0 Å². The van der Waals surface area contributed by atoms with Crippen molar-refractivity contribution in [3.05, 3.63) is 68.4 Å². The normalized spacial score (nSPS) is 18.4. The number of amides is 1. The molecule has 1 N–H and O–H groups in total. The number of nitrogens with zero attached hydrogens (tertiary/aromatic N) is 2. The summed E-state index contributed by atoms with van der Waals surface area (Å²) in [5.74, 6) is -0.989. The molecule has 1 fully saturated rings. The van der Waals surface area contributed by atoms with Crippen LogP contribution in [-0.4, -0.2) is 28.9 Å². The van der Waals surface area contributed by atoms with Crippen molar-refractivity contribution in [2.75, 3.05) is 12.0 Å². The van der Waals surface area contributed by atoms with Crippen LogP contribution in [0.5, 0.6) is 5.75 Å². The maximum atomic E-state index is 13.0. The number of thiazole rings is 1. The number of aliphatic hydroxyl groups is 1. The summed E-state index contributed by atoms with van der Waals surface area (Å²) in [4.78, 5) is 33.6. The molecule has 0 aliphatic carbocycles. The Hall–Kier alpha value is -2.97. The Morgan fingerprint density at radius 3 is 2.45 bits per heavy atom. The van der Waals surface area contributed by atoms with Crippen LogP contribution < -0.4 is 9.64 Å². The number of Topliss-reactive ketones (excluding diaryl/α,β-unsaturated/α-hetero) is 1. The molecule has 29 heavy (non-hydrogen) atoms. The quantitative estimate of drug-likeness (QED) is 0.379. The minimum absolute atomic E-state index is 0.0631. The van der Waals surface area contributed by atoms with E-state index in [4.69, 9.17) is 4.74 Å². The number of carbonyl (C=O) groups is 2. The number of aryl methyl sites for hydroxylation is 2. The van der Waals surface area contributed by atoms with Gasteiger partial charge in [-0.15, -0.1) is 22.7 Å². The van der Waals surface area contributed by atoms with Crippen LogP contribution in [0.4, 0.5) is 5.13 Å². The maximum Gasteiger partial charge on any atom is 0.301 e. The van der Waals surface area contributed by atoms with Gasteiger partial charge in [0.05, 0.1) is 18.4 Å². The number of carbonyl (C=O) groups excluding carboxylic acids is 2. The van der Waals surface area contributed by atoms with Crippen molar-refractivity contribution in [3.8, 4) is 5.75 Å². The zero-order valence-corrected chi connectivity index (χ0v) is 17.6. The number of methoxy groups -OCH3 is 1. The topological polar surface area (TPSA) is 79.7 Å². The van der Waals surface area contributed by atoms with E-state index in [0.29, 0.717) is 16.4 Å². The van der Waals surface area contributed by atoms with Gasteiger partial charge >= 0.3 is 5.91 Å². The Morgan fingerprint density at radius 1 is 1.17 bits per heavy atom. The number of ether oxygens (including phenoxy) is 1. The number of anilines is 1. The monoisotopic (exact) mass is 426 g/mol. The first-order valence-corrected chi connectivity index (χ1v) is 10.5. The van der Waals surface area contributed by atoms with E-state index >= 15 is 0 Å². The highest BCUT2D eigenvalue weighted by Crippen LogP contribution is 2.44. The van der Waals surface area contributed by atoms with Crippen LogP contribution in [0.25, 0.3) is 5.76 Å². The van der Waals surface area contributed by atoms with Crippen LogP contribution in [0.2, 0.25) is 0 Å². The predicted octanol–water partition coefficient (Wildman–Crippen LogP) is 4.46. The molecule has 148 valence electrons. The van der Waals surface area contributed by atoms with Gasteiger partial charge in [-0.3, -0.25) is 14.5 Å². The standard InChI is InChI=1S/C21H18N2O4S2/c1-11-12(2)29-21(22-11)23-17(15-5-4-10-28-15)16(19(25)20(23)26)18(24)13-6-8-14(27-3)9-7-13/h4-10,17,24H,1-3H3/b18-16+. The molecule has 3 heterocycles. The summed E-state index contributed by atoms with van der Waals surface area (Å²) in [6, 6.07) is 9.68. The first-order chi connectivity index (χ1) is 13.9. The van der Waals surface area contributed by atoms with Gasteiger partial charge in [0.1, 0.15) is 17.6 Å². The van der Waals surface area contributed by atoms with Crippen molar-refractivity contribution in [2.24, 2.45) is 0 Å². The van der Waals surface area contributed by atoms with Crippen molar-refractivity contribution < 1.29 is 19.4 Å². The summed E-state index contributed by atoms with van der Waals surface area (Å²) in [6.07, 6.45) is 0. The summed E-state index contributed by atoms with van der Waals surface area (Å²) >= 11 is 2.78. The van der Waals surface area contributed by atoms with Crippen LogP contribution in [0.1, 0.15) is 27.1 Å². The smallest absolute Gasteiger partial charge is 0.301 e. The minimum atomic E-state index is -0.720. The summed E-state index contributed by atoms with van der Waals surface area (Å²) in [5.41, 5.74) is 1.32. The predicted molar refractivity (Wildman–Crippen MR) is 114 cm³/mol. The maximum absolute atomic E-state index is 13.0.